The van der Waals surface area contributed by atoms with Crippen molar-refractivity contribution in [3.63, 3.8) is 0 Å². The number of rotatable bonds is 2. The molecule has 7 atom stereocenters. The van der Waals surface area contributed by atoms with Crippen molar-refractivity contribution in [1.82, 2.24) is 0 Å². The molecule has 0 radical (unpaired) electrons. The van der Waals surface area contributed by atoms with Crippen molar-refractivity contribution in [2.45, 2.75) is 90.1 Å². The highest BCUT2D eigenvalue weighted by Crippen LogP contribution is 2.69. The van der Waals surface area contributed by atoms with Gasteiger partial charge in [0.2, 0.25) is 0 Å². The Morgan fingerprint density at radius 3 is 2.48 bits per heavy atom. The van der Waals surface area contributed by atoms with Crippen molar-refractivity contribution in [2.24, 2.45) is 34.5 Å². The van der Waals surface area contributed by atoms with Gasteiger partial charge in [0.25, 0.3) is 0 Å². The van der Waals surface area contributed by atoms with E-state index in [1.807, 2.05) is 0 Å². The molecule has 4 rings (SSSR count). The molecular formula is C21H36O2. The van der Waals surface area contributed by atoms with Gasteiger partial charge in [-0.15, -0.1) is 0 Å². The van der Waals surface area contributed by atoms with Gasteiger partial charge in [-0.1, -0.05) is 26.7 Å². The molecule has 4 saturated carbocycles. The monoisotopic (exact) mass is 320 g/mol. The lowest BCUT2D eigenvalue weighted by Gasteiger charge is -2.63. The number of hydrogen-bond acceptors (Lipinski definition) is 2. The zero-order valence-corrected chi connectivity index (χ0v) is 15.2. The minimum absolute atomic E-state index is 0.0504. The molecule has 1 unspecified atom stereocenters. The maximum Gasteiger partial charge on any atom is 0.0734 e. The van der Waals surface area contributed by atoms with Gasteiger partial charge in [0.1, 0.15) is 0 Å². The maximum atomic E-state index is 11.9. The normalized spacial score (nSPS) is 55.8. The van der Waals surface area contributed by atoms with Crippen molar-refractivity contribution >= 4 is 0 Å². The van der Waals surface area contributed by atoms with Crippen LogP contribution in [0, 0.1) is 34.5 Å². The SMILES string of the molecule is C[C@]12CCCCC1CC[C@@H]1[C@@H]2CC[C@]2(C)[C@@H](CCO)CC[C@@]12O. The molecule has 0 saturated heterocycles. The molecular weight excluding hydrogens is 284 g/mol. The molecule has 0 bridgehead atoms. The van der Waals surface area contributed by atoms with E-state index in [1.165, 1.54) is 51.4 Å². The highest BCUT2D eigenvalue weighted by Gasteiger charge is 2.66. The predicted octanol–water partition coefficient (Wildman–Crippen LogP) is 4.53. The van der Waals surface area contributed by atoms with E-state index in [-0.39, 0.29) is 12.0 Å². The van der Waals surface area contributed by atoms with Crippen LogP contribution in [-0.4, -0.2) is 22.4 Å². The van der Waals surface area contributed by atoms with Crippen LogP contribution in [0.2, 0.25) is 0 Å². The van der Waals surface area contributed by atoms with Crippen LogP contribution < -0.4 is 0 Å². The van der Waals surface area contributed by atoms with E-state index in [0.717, 1.165) is 31.1 Å². The summed E-state index contributed by atoms with van der Waals surface area (Å²) in [6.45, 7) is 5.20. The Balaban J connectivity index is 1.66. The topological polar surface area (TPSA) is 40.5 Å². The Morgan fingerprint density at radius 2 is 1.70 bits per heavy atom. The highest BCUT2D eigenvalue weighted by atomic mass is 16.3. The molecule has 132 valence electrons. The Labute approximate surface area is 142 Å². The third kappa shape index (κ3) is 2.06. The van der Waals surface area contributed by atoms with Crippen LogP contribution in [0.25, 0.3) is 0 Å². The summed E-state index contributed by atoms with van der Waals surface area (Å²) in [4.78, 5) is 0. The molecule has 4 fully saturated rings. The minimum atomic E-state index is -0.457. The van der Waals surface area contributed by atoms with Crippen LogP contribution >= 0.6 is 0 Å². The molecule has 2 N–H and O–H groups in total. The van der Waals surface area contributed by atoms with E-state index in [1.54, 1.807) is 0 Å². The van der Waals surface area contributed by atoms with Crippen LogP contribution in [0.15, 0.2) is 0 Å². The van der Waals surface area contributed by atoms with Gasteiger partial charge in [0.15, 0.2) is 0 Å². The second-order valence-corrected chi connectivity index (χ2v) is 9.87. The van der Waals surface area contributed by atoms with Crippen LogP contribution in [-0.2, 0) is 0 Å². The Bertz CT molecular complexity index is 463. The van der Waals surface area contributed by atoms with Crippen molar-refractivity contribution in [3.05, 3.63) is 0 Å². The van der Waals surface area contributed by atoms with Gasteiger partial charge < -0.3 is 10.2 Å². The Hall–Kier alpha value is -0.0800. The molecule has 4 aliphatic rings. The predicted molar refractivity (Wildman–Crippen MR) is 93.0 cm³/mol. The van der Waals surface area contributed by atoms with Crippen molar-refractivity contribution in [1.29, 1.82) is 0 Å². The second kappa shape index (κ2) is 5.46. The second-order valence-electron chi connectivity index (χ2n) is 9.87. The first-order chi connectivity index (χ1) is 11.0. The van der Waals surface area contributed by atoms with Gasteiger partial charge in [0, 0.05) is 6.61 Å². The third-order valence-corrected chi connectivity index (χ3v) is 9.44. The molecule has 23 heavy (non-hydrogen) atoms. The van der Waals surface area contributed by atoms with Gasteiger partial charge in [-0.2, -0.15) is 0 Å². The van der Waals surface area contributed by atoms with Crippen LogP contribution in [0.5, 0.6) is 0 Å². The van der Waals surface area contributed by atoms with Gasteiger partial charge in [0.05, 0.1) is 5.60 Å². The van der Waals surface area contributed by atoms with Crippen LogP contribution in [0.1, 0.15) is 84.5 Å². The molecule has 0 aliphatic heterocycles. The minimum Gasteiger partial charge on any atom is -0.396 e. The molecule has 2 heteroatoms. The fourth-order valence-corrected chi connectivity index (χ4v) is 7.99. The van der Waals surface area contributed by atoms with E-state index in [9.17, 15) is 10.2 Å². The van der Waals surface area contributed by atoms with Gasteiger partial charge in [-0.05, 0) is 92.3 Å². The van der Waals surface area contributed by atoms with Crippen LogP contribution in [0.3, 0.4) is 0 Å². The molecule has 0 aromatic heterocycles. The first-order valence-electron chi connectivity index (χ1n) is 10.3. The molecule has 0 aromatic rings. The van der Waals surface area contributed by atoms with Gasteiger partial charge >= 0.3 is 0 Å². The van der Waals surface area contributed by atoms with E-state index >= 15 is 0 Å². The first kappa shape index (κ1) is 16.4. The van der Waals surface area contributed by atoms with E-state index in [2.05, 4.69) is 13.8 Å². The number of fused-ring (bicyclic) bond motifs is 5. The lowest BCUT2D eigenvalue weighted by molar-refractivity contribution is -0.206. The van der Waals surface area contributed by atoms with Crippen LogP contribution in [0.4, 0.5) is 0 Å². The van der Waals surface area contributed by atoms with Crippen molar-refractivity contribution < 1.29 is 10.2 Å². The van der Waals surface area contributed by atoms with E-state index in [4.69, 9.17) is 0 Å². The largest absolute Gasteiger partial charge is 0.396 e. The number of aliphatic hydroxyl groups excluding tert-OH is 1. The summed E-state index contributed by atoms with van der Waals surface area (Å²) < 4.78 is 0. The highest BCUT2D eigenvalue weighted by molar-refractivity contribution is 5.16. The number of aliphatic hydroxyl groups is 2. The summed E-state index contributed by atoms with van der Waals surface area (Å²) in [6.07, 6.45) is 13.7. The lowest BCUT2D eigenvalue weighted by atomic mass is 9.43. The van der Waals surface area contributed by atoms with Gasteiger partial charge in [-0.3, -0.25) is 0 Å². The molecule has 0 aromatic carbocycles. The molecule has 2 nitrogen and oxygen atoms in total. The third-order valence-electron chi connectivity index (χ3n) is 9.44. The molecule has 0 heterocycles. The summed E-state index contributed by atoms with van der Waals surface area (Å²) >= 11 is 0. The summed E-state index contributed by atoms with van der Waals surface area (Å²) in [5, 5.41) is 21.3. The summed E-state index contributed by atoms with van der Waals surface area (Å²) in [6, 6.07) is 0. The molecule has 0 spiro atoms. The molecule has 4 aliphatic carbocycles. The maximum absolute atomic E-state index is 11.9. The first-order valence-corrected chi connectivity index (χ1v) is 10.3. The summed E-state index contributed by atoms with van der Waals surface area (Å²) in [5.41, 5.74) is 0.0865. The summed E-state index contributed by atoms with van der Waals surface area (Å²) in [5.74, 6) is 2.70. The summed E-state index contributed by atoms with van der Waals surface area (Å²) in [7, 11) is 0. The Kier molecular flexibility index (Phi) is 3.89. The zero-order valence-electron chi connectivity index (χ0n) is 15.2. The lowest BCUT2D eigenvalue weighted by Crippen LogP contribution is -2.61. The van der Waals surface area contributed by atoms with E-state index in [0.29, 0.717) is 17.3 Å². The van der Waals surface area contributed by atoms with Gasteiger partial charge in [-0.25, -0.2) is 0 Å². The fraction of sp³-hybridized carbons (Fsp3) is 1.00. The Morgan fingerprint density at radius 1 is 0.870 bits per heavy atom. The molecule has 0 amide bonds. The zero-order chi connectivity index (χ0) is 16.3. The average molecular weight is 321 g/mol. The number of hydrogen-bond donors (Lipinski definition) is 2. The van der Waals surface area contributed by atoms with E-state index < -0.39 is 5.60 Å². The van der Waals surface area contributed by atoms with Crippen molar-refractivity contribution in [2.75, 3.05) is 6.61 Å². The quantitative estimate of drug-likeness (QED) is 0.784. The fourth-order valence-electron chi connectivity index (χ4n) is 7.99. The average Bonchev–Trinajstić information content (AvgIpc) is 2.80. The smallest absolute Gasteiger partial charge is 0.0734 e. The standard InChI is InChI=1S/C21H36O2/c1-19-11-4-3-5-15(19)6-7-18-17(19)9-12-20(2)16(10-14-22)8-13-21(18,20)23/h15-18,22-23H,3-14H2,1-2H3/t15?,16-,17+,18-,19+,20-,21-/m1/s1. The van der Waals surface area contributed by atoms with Crippen molar-refractivity contribution in [3.8, 4) is 0 Å².